The van der Waals surface area contributed by atoms with Gasteiger partial charge in [-0.1, -0.05) is 19.8 Å². The fraction of sp³-hybridized carbons (Fsp3) is 0.727. The van der Waals surface area contributed by atoms with Gasteiger partial charge in [0.2, 0.25) is 0 Å². The maximum Gasteiger partial charge on any atom is 0.117 e. The molecule has 0 aromatic carbocycles. The Hall–Kier alpha value is -0.640. The van der Waals surface area contributed by atoms with E-state index in [1.54, 1.807) is 0 Å². The highest BCUT2D eigenvalue weighted by atomic mass is 32.2. The zero-order chi connectivity index (χ0) is 10.7. The Balaban J connectivity index is 2.70. The van der Waals surface area contributed by atoms with Gasteiger partial charge >= 0.3 is 0 Å². The van der Waals surface area contributed by atoms with Crippen molar-refractivity contribution in [2.24, 2.45) is 5.41 Å². The van der Waals surface area contributed by atoms with Gasteiger partial charge in [-0.05, 0) is 17.6 Å². The van der Waals surface area contributed by atoms with Crippen molar-refractivity contribution in [2.45, 2.75) is 25.8 Å². The van der Waals surface area contributed by atoms with Crippen molar-refractivity contribution in [2.75, 3.05) is 18.1 Å². The van der Waals surface area contributed by atoms with Gasteiger partial charge in [0, 0.05) is 5.75 Å². The minimum absolute atomic E-state index is 0.222. The minimum atomic E-state index is -0.418. The van der Waals surface area contributed by atoms with Crippen LogP contribution in [-0.2, 0) is 0 Å². The van der Waals surface area contributed by atoms with E-state index in [2.05, 4.69) is 31.2 Å². The van der Waals surface area contributed by atoms with Gasteiger partial charge < -0.3 is 0 Å². The number of hydrogen-bond donors (Lipinski definition) is 1. The number of hydrogen-bond acceptors (Lipinski definition) is 3. The Morgan fingerprint density at radius 3 is 2.71 bits per heavy atom. The molecule has 1 N–H and O–H groups in total. The second-order valence-electron chi connectivity index (χ2n) is 4.59. The number of nitrogens with one attached hydrogen (secondary N) is 1. The highest BCUT2D eigenvalue weighted by Crippen LogP contribution is 2.38. The summed E-state index contributed by atoms with van der Waals surface area (Å²) in [5.41, 5.74) is -0.195. The smallest absolute Gasteiger partial charge is 0.117 e. The summed E-state index contributed by atoms with van der Waals surface area (Å²) >= 11 is 1.83. The van der Waals surface area contributed by atoms with Crippen molar-refractivity contribution in [3.05, 3.63) is 0 Å². The van der Waals surface area contributed by atoms with E-state index in [-0.39, 0.29) is 5.41 Å². The second kappa shape index (κ2) is 4.26. The largest absolute Gasteiger partial charge is 0.288 e. The molecule has 1 aliphatic heterocycles. The zero-order valence-corrected chi connectivity index (χ0v) is 9.58. The monoisotopic (exact) mass is 208 g/mol. The van der Waals surface area contributed by atoms with Crippen molar-refractivity contribution in [1.82, 2.24) is 5.32 Å². The topological polar surface area (TPSA) is 35.8 Å². The molecule has 1 atom stereocenters. The highest BCUT2D eigenvalue weighted by molar-refractivity contribution is 7.99. The van der Waals surface area contributed by atoms with Gasteiger partial charge in [0.25, 0.3) is 0 Å². The number of nitriles is 1. The van der Waals surface area contributed by atoms with Crippen molar-refractivity contribution < 1.29 is 0 Å². The molecule has 76 valence electrons. The first-order valence-electron chi connectivity index (χ1n) is 4.71. The molecule has 0 spiro atoms. The molecule has 14 heavy (non-hydrogen) atoms. The number of terminal acetylenes is 1. The molecule has 1 aliphatic rings. The lowest BCUT2D eigenvalue weighted by molar-refractivity contribution is 0.277. The summed E-state index contributed by atoms with van der Waals surface area (Å²) in [6.07, 6.45) is 6.08. The van der Waals surface area contributed by atoms with Crippen LogP contribution in [0.25, 0.3) is 0 Å². The van der Waals surface area contributed by atoms with E-state index in [0.29, 0.717) is 6.54 Å². The third-order valence-electron chi connectivity index (χ3n) is 2.36. The molecule has 2 nitrogen and oxygen atoms in total. The van der Waals surface area contributed by atoms with Crippen molar-refractivity contribution in [3.63, 3.8) is 0 Å². The van der Waals surface area contributed by atoms with Crippen LogP contribution in [0, 0.1) is 29.1 Å². The fourth-order valence-electron chi connectivity index (χ4n) is 1.87. The SMILES string of the molecule is C#CCNC1(C#N)CSCC(C)(C)C1. The maximum atomic E-state index is 9.21. The summed E-state index contributed by atoms with van der Waals surface area (Å²) in [6, 6.07) is 2.38. The highest BCUT2D eigenvalue weighted by Gasteiger charge is 2.40. The van der Waals surface area contributed by atoms with E-state index in [0.717, 1.165) is 17.9 Å². The average molecular weight is 208 g/mol. The van der Waals surface area contributed by atoms with Crippen LogP contribution in [0.5, 0.6) is 0 Å². The van der Waals surface area contributed by atoms with Crippen LogP contribution in [0.15, 0.2) is 0 Å². The van der Waals surface area contributed by atoms with E-state index in [1.807, 2.05) is 11.8 Å². The molecule has 3 heteroatoms. The Kier molecular flexibility index (Phi) is 3.48. The van der Waals surface area contributed by atoms with E-state index >= 15 is 0 Å². The standard InChI is InChI=1S/C11H16N2S/c1-4-5-13-11(7-12)6-10(2,3)8-14-9-11/h1,13H,5-6,8-9H2,2-3H3. The molecule has 1 unspecified atom stereocenters. The second-order valence-corrected chi connectivity index (χ2v) is 5.57. The Morgan fingerprint density at radius 2 is 2.21 bits per heavy atom. The lowest BCUT2D eigenvalue weighted by Gasteiger charge is -2.40. The van der Waals surface area contributed by atoms with Crippen molar-refractivity contribution in [1.29, 1.82) is 5.26 Å². The van der Waals surface area contributed by atoms with Crippen LogP contribution < -0.4 is 5.32 Å². The molecule has 0 saturated carbocycles. The van der Waals surface area contributed by atoms with E-state index in [4.69, 9.17) is 6.42 Å². The van der Waals surface area contributed by atoms with Crippen molar-refractivity contribution in [3.8, 4) is 18.4 Å². The van der Waals surface area contributed by atoms with E-state index < -0.39 is 5.54 Å². The van der Waals surface area contributed by atoms with Gasteiger partial charge in [0.1, 0.15) is 5.54 Å². The lowest BCUT2D eigenvalue weighted by atomic mass is 9.80. The third kappa shape index (κ3) is 2.67. The number of nitrogens with zero attached hydrogens (tertiary/aromatic N) is 1. The molecule has 1 fully saturated rings. The summed E-state index contributed by atoms with van der Waals surface area (Å²) in [7, 11) is 0. The van der Waals surface area contributed by atoms with E-state index in [1.165, 1.54) is 0 Å². The van der Waals surface area contributed by atoms with Gasteiger partial charge in [0.15, 0.2) is 0 Å². The normalized spacial score (nSPS) is 30.3. The average Bonchev–Trinajstić information content (AvgIpc) is 2.13. The Bertz CT molecular complexity index is 285. The van der Waals surface area contributed by atoms with Crippen LogP contribution >= 0.6 is 11.8 Å². The van der Waals surface area contributed by atoms with Gasteiger partial charge in [-0.25, -0.2) is 0 Å². The summed E-state index contributed by atoms with van der Waals surface area (Å²) < 4.78 is 0. The van der Waals surface area contributed by atoms with Gasteiger partial charge in [-0.2, -0.15) is 17.0 Å². The van der Waals surface area contributed by atoms with Crippen LogP contribution in [0.4, 0.5) is 0 Å². The van der Waals surface area contributed by atoms with E-state index in [9.17, 15) is 5.26 Å². The van der Waals surface area contributed by atoms with Gasteiger partial charge in [-0.15, -0.1) is 6.42 Å². The molecular weight excluding hydrogens is 192 g/mol. The predicted octanol–water partition coefficient (Wildman–Crippen LogP) is 1.63. The molecule has 0 radical (unpaired) electrons. The third-order valence-corrected chi connectivity index (χ3v) is 4.05. The van der Waals surface area contributed by atoms with Gasteiger partial charge in [-0.3, -0.25) is 5.32 Å². The molecular formula is C11H16N2S. The first kappa shape index (κ1) is 11.4. The maximum absolute atomic E-state index is 9.21. The molecule has 1 saturated heterocycles. The first-order chi connectivity index (χ1) is 6.54. The molecule has 0 aromatic rings. The predicted molar refractivity (Wildman–Crippen MR) is 60.9 cm³/mol. The Morgan fingerprint density at radius 1 is 1.50 bits per heavy atom. The van der Waals surface area contributed by atoms with Gasteiger partial charge in [0.05, 0.1) is 12.6 Å². The zero-order valence-electron chi connectivity index (χ0n) is 8.76. The molecule has 0 aromatic heterocycles. The van der Waals surface area contributed by atoms with Crippen LogP contribution in [-0.4, -0.2) is 23.6 Å². The quantitative estimate of drug-likeness (QED) is 0.701. The van der Waals surface area contributed by atoms with Crippen LogP contribution in [0.2, 0.25) is 0 Å². The lowest BCUT2D eigenvalue weighted by Crippen LogP contribution is -2.52. The summed E-state index contributed by atoms with van der Waals surface area (Å²) in [6.45, 7) is 4.87. The Labute approximate surface area is 90.4 Å². The first-order valence-corrected chi connectivity index (χ1v) is 5.87. The minimum Gasteiger partial charge on any atom is -0.288 e. The molecule has 1 rings (SSSR count). The molecule has 0 amide bonds. The fourth-order valence-corrected chi connectivity index (χ4v) is 3.24. The van der Waals surface area contributed by atoms with Crippen LogP contribution in [0.3, 0.4) is 0 Å². The number of rotatable bonds is 2. The number of thioether (sulfide) groups is 1. The van der Waals surface area contributed by atoms with Crippen molar-refractivity contribution >= 4 is 11.8 Å². The van der Waals surface area contributed by atoms with Crippen LogP contribution in [0.1, 0.15) is 20.3 Å². The molecule has 0 aliphatic carbocycles. The summed E-state index contributed by atoms with van der Waals surface area (Å²) in [5, 5.41) is 12.4. The molecule has 1 heterocycles. The summed E-state index contributed by atoms with van der Waals surface area (Å²) in [5.74, 6) is 4.49. The summed E-state index contributed by atoms with van der Waals surface area (Å²) in [4.78, 5) is 0. The molecule has 0 bridgehead atoms.